The van der Waals surface area contributed by atoms with E-state index in [4.69, 9.17) is 5.73 Å². The molecule has 1 aliphatic carbocycles. The fraction of sp³-hybridized carbons (Fsp3) is 0.538. The van der Waals surface area contributed by atoms with Crippen molar-refractivity contribution < 1.29 is 5.11 Å². The summed E-state index contributed by atoms with van der Waals surface area (Å²) in [7, 11) is 0. The summed E-state index contributed by atoms with van der Waals surface area (Å²) in [4.78, 5) is 0. The highest BCUT2D eigenvalue weighted by Crippen LogP contribution is 2.40. The van der Waals surface area contributed by atoms with Gasteiger partial charge in [-0.1, -0.05) is 25.3 Å². The van der Waals surface area contributed by atoms with Gasteiger partial charge in [-0.15, -0.1) is 0 Å². The molecule has 0 heterocycles. The molecule has 0 atom stereocenters. The van der Waals surface area contributed by atoms with E-state index in [1.165, 1.54) is 24.8 Å². The van der Waals surface area contributed by atoms with Crippen molar-refractivity contribution >= 4 is 15.9 Å². The Balaban J connectivity index is 2.43. The fourth-order valence-electron chi connectivity index (χ4n) is 2.66. The number of benzene rings is 1. The molecular weight excluding hydrogens is 266 g/mol. The largest absolute Gasteiger partial charge is 0.507 e. The highest BCUT2D eigenvalue weighted by molar-refractivity contribution is 9.10. The summed E-state index contributed by atoms with van der Waals surface area (Å²) >= 11 is 3.42. The zero-order valence-electron chi connectivity index (χ0n) is 9.59. The molecule has 1 aromatic carbocycles. The molecule has 0 radical (unpaired) electrons. The average molecular weight is 284 g/mol. The van der Waals surface area contributed by atoms with Crippen LogP contribution in [0.2, 0.25) is 0 Å². The number of halogens is 1. The van der Waals surface area contributed by atoms with Crippen LogP contribution in [0.3, 0.4) is 0 Å². The zero-order chi connectivity index (χ0) is 11.8. The first-order chi connectivity index (χ1) is 7.54. The second kappa shape index (κ2) is 4.38. The van der Waals surface area contributed by atoms with E-state index in [0.29, 0.717) is 5.75 Å². The molecule has 1 aromatic rings. The maximum Gasteiger partial charge on any atom is 0.130 e. The minimum absolute atomic E-state index is 0.196. The van der Waals surface area contributed by atoms with Gasteiger partial charge >= 0.3 is 0 Å². The Bertz CT molecular complexity index is 397. The van der Waals surface area contributed by atoms with Gasteiger partial charge in [0.2, 0.25) is 0 Å². The normalized spacial score (nSPS) is 19.7. The lowest BCUT2D eigenvalue weighted by atomic mass is 9.76. The molecule has 0 spiro atoms. The van der Waals surface area contributed by atoms with E-state index in [9.17, 15) is 5.11 Å². The van der Waals surface area contributed by atoms with Crippen molar-refractivity contribution in [3.63, 3.8) is 0 Å². The van der Waals surface area contributed by atoms with Gasteiger partial charge in [0.25, 0.3) is 0 Å². The number of hydrogen-bond donors (Lipinski definition) is 2. The van der Waals surface area contributed by atoms with Crippen LogP contribution in [0.5, 0.6) is 5.75 Å². The van der Waals surface area contributed by atoms with E-state index in [1.807, 2.05) is 13.0 Å². The fourth-order valence-corrected chi connectivity index (χ4v) is 3.01. The van der Waals surface area contributed by atoms with Gasteiger partial charge in [0.15, 0.2) is 0 Å². The van der Waals surface area contributed by atoms with E-state index in [2.05, 4.69) is 15.9 Å². The molecule has 2 nitrogen and oxygen atoms in total. The molecule has 0 aliphatic heterocycles. The number of nitrogens with two attached hydrogens (primary N) is 1. The van der Waals surface area contributed by atoms with E-state index in [0.717, 1.165) is 22.9 Å². The summed E-state index contributed by atoms with van der Waals surface area (Å²) in [5, 5.41) is 9.62. The minimum Gasteiger partial charge on any atom is -0.507 e. The molecule has 3 heteroatoms. The Hall–Kier alpha value is -0.540. The van der Waals surface area contributed by atoms with Crippen LogP contribution in [0.15, 0.2) is 16.6 Å². The van der Waals surface area contributed by atoms with Crippen LogP contribution >= 0.6 is 15.9 Å². The Morgan fingerprint density at radius 1 is 1.25 bits per heavy atom. The van der Waals surface area contributed by atoms with Gasteiger partial charge in [0.05, 0.1) is 4.47 Å². The maximum absolute atomic E-state index is 9.62. The Labute approximate surface area is 105 Å². The molecule has 0 saturated heterocycles. The predicted molar refractivity (Wildman–Crippen MR) is 69.5 cm³/mol. The highest BCUT2D eigenvalue weighted by Gasteiger charge is 2.31. The van der Waals surface area contributed by atoms with Crippen molar-refractivity contribution in [2.45, 2.75) is 44.6 Å². The Kier molecular flexibility index (Phi) is 3.27. The number of hydrogen-bond acceptors (Lipinski definition) is 2. The number of phenols is 1. The van der Waals surface area contributed by atoms with Crippen molar-refractivity contribution in [2.24, 2.45) is 5.73 Å². The third-order valence-electron chi connectivity index (χ3n) is 3.65. The minimum atomic E-state index is -0.196. The summed E-state index contributed by atoms with van der Waals surface area (Å²) in [6.45, 7) is 2.02. The zero-order valence-corrected chi connectivity index (χ0v) is 11.2. The average Bonchev–Trinajstić information content (AvgIpc) is 2.27. The van der Waals surface area contributed by atoms with Crippen LogP contribution < -0.4 is 5.73 Å². The molecule has 1 saturated carbocycles. The first kappa shape index (κ1) is 11.9. The first-order valence-corrected chi connectivity index (χ1v) is 6.61. The molecule has 0 unspecified atom stereocenters. The van der Waals surface area contributed by atoms with E-state index < -0.39 is 0 Å². The monoisotopic (exact) mass is 283 g/mol. The first-order valence-electron chi connectivity index (χ1n) is 5.82. The van der Waals surface area contributed by atoms with Crippen molar-refractivity contribution in [3.8, 4) is 5.75 Å². The number of phenolic OH excluding ortho intramolecular Hbond substituents is 1. The van der Waals surface area contributed by atoms with E-state index >= 15 is 0 Å². The van der Waals surface area contributed by atoms with Crippen LogP contribution in [-0.2, 0) is 5.54 Å². The summed E-state index contributed by atoms with van der Waals surface area (Å²) in [6.07, 6.45) is 5.79. The third kappa shape index (κ3) is 1.98. The summed E-state index contributed by atoms with van der Waals surface area (Å²) in [6, 6.07) is 3.70. The van der Waals surface area contributed by atoms with Gasteiger partial charge in [-0.25, -0.2) is 0 Å². The molecule has 1 aliphatic rings. The van der Waals surface area contributed by atoms with E-state index in [-0.39, 0.29) is 5.54 Å². The Morgan fingerprint density at radius 3 is 2.50 bits per heavy atom. The lowest BCUT2D eigenvalue weighted by Crippen LogP contribution is -2.39. The predicted octanol–water partition coefficient (Wildman–Crippen LogP) is 3.58. The molecule has 88 valence electrons. The van der Waals surface area contributed by atoms with Gasteiger partial charge < -0.3 is 10.8 Å². The molecule has 2 rings (SSSR count). The highest BCUT2D eigenvalue weighted by atomic mass is 79.9. The van der Waals surface area contributed by atoms with Crippen molar-refractivity contribution in [1.82, 2.24) is 0 Å². The molecule has 3 N–H and O–H groups in total. The van der Waals surface area contributed by atoms with Gasteiger partial charge in [0, 0.05) is 5.54 Å². The lowest BCUT2D eigenvalue weighted by molar-refractivity contribution is 0.300. The van der Waals surface area contributed by atoms with Crippen molar-refractivity contribution in [2.75, 3.05) is 0 Å². The number of rotatable bonds is 1. The maximum atomic E-state index is 9.62. The standard InChI is InChI=1S/C13H18BrNO/c1-9-10(5-6-11(16)12(9)14)13(15)7-3-2-4-8-13/h5-6,16H,2-4,7-8,15H2,1H3. The Morgan fingerprint density at radius 2 is 1.88 bits per heavy atom. The second-order valence-electron chi connectivity index (χ2n) is 4.79. The second-order valence-corrected chi connectivity index (χ2v) is 5.58. The third-order valence-corrected chi connectivity index (χ3v) is 4.65. The smallest absolute Gasteiger partial charge is 0.130 e. The van der Waals surface area contributed by atoms with Gasteiger partial charge in [-0.3, -0.25) is 0 Å². The van der Waals surface area contributed by atoms with Crippen molar-refractivity contribution in [1.29, 1.82) is 0 Å². The number of aromatic hydroxyl groups is 1. The van der Waals surface area contributed by atoms with Crippen LogP contribution in [-0.4, -0.2) is 5.11 Å². The van der Waals surface area contributed by atoms with Crippen LogP contribution in [0.25, 0.3) is 0 Å². The SMILES string of the molecule is Cc1c(C2(N)CCCCC2)ccc(O)c1Br. The molecular formula is C13H18BrNO. The lowest BCUT2D eigenvalue weighted by Gasteiger charge is -2.35. The van der Waals surface area contributed by atoms with Crippen LogP contribution in [0.1, 0.15) is 43.2 Å². The molecule has 0 aromatic heterocycles. The topological polar surface area (TPSA) is 46.2 Å². The van der Waals surface area contributed by atoms with Crippen molar-refractivity contribution in [3.05, 3.63) is 27.7 Å². The van der Waals surface area contributed by atoms with Crippen LogP contribution in [0.4, 0.5) is 0 Å². The molecule has 16 heavy (non-hydrogen) atoms. The van der Waals surface area contributed by atoms with Gasteiger partial charge in [0.1, 0.15) is 5.75 Å². The summed E-state index contributed by atoms with van der Waals surface area (Å²) in [5.41, 5.74) is 8.55. The summed E-state index contributed by atoms with van der Waals surface area (Å²) in [5.74, 6) is 0.292. The quantitative estimate of drug-likeness (QED) is 0.828. The molecule has 0 amide bonds. The molecule has 0 bridgehead atoms. The van der Waals surface area contributed by atoms with E-state index in [1.54, 1.807) is 6.07 Å². The van der Waals surface area contributed by atoms with Gasteiger partial charge in [-0.05, 0) is 52.9 Å². The summed E-state index contributed by atoms with van der Waals surface area (Å²) < 4.78 is 0.778. The van der Waals surface area contributed by atoms with Crippen LogP contribution in [0, 0.1) is 6.92 Å². The molecule has 1 fully saturated rings. The van der Waals surface area contributed by atoms with Gasteiger partial charge in [-0.2, -0.15) is 0 Å².